The molecule has 0 saturated carbocycles. The maximum absolute atomic E-state index is 12.5. The van der Waals surface area contributed by atoms with E-state index in [0.717, 1.165) is 16.7 Å². The van der Waals surface area contributed by atoms with Crippen LogP contribution < -0.4 is 11.0 Å². The average molecular weight is 423 g/mol. The molecule has 9 heteroatoms. The van der Waals surface area contributed by atoms with Crippen molar-refractivity contribution < 1.29 is 4.79 Å². The Morgan fingerprint density at radius 1 is 1.03 bits per heavy atom. The van der Waals surface area contributed by atoms with E-state index in [1.54, 1.807) is 20.1 Å². The highest BCUT2D eigenvalue weighted by Crippen LogP contribution is 2.20. The molecule has 0 fully saturated rings. The lowest BCUT2D eigenvalue weighted by molar-refractivity contribution is -0.113. The highest BCUT2D eigenvalue weighted by atomic mass is 32.2. The summed E-state index contributed by atoms with van der Waals surface area (Å²) < 4.78 is 5.12. The van der Waals surface area contributed by atoms with E-state index in [1.165, 1.54) is 11.8 Å². The fourth-order valence-electron chi connectivity index (χ4n) is 3.35. The second kappa shape index (κ2) is 8.58. The van der Waals surface area contributed by atoms with Gasteiger partial charge in [0.15, 0.2) is 0 Å². The largest absolute Gasteiger partial charge is 0.329 e. The summed E-state index contributed by atoms with van der Waals surface area (Å²) >= 11 is 1.27. The lowest BCUT2D eigenvalue weighted by Gasteiger charge is -2.06. The minimum absolute atomic E-state index is 0.0332. The van der Waals surface area contributed by atoms with Crippen molar-refractivity contribution in [2.24, 2.45) is 0 Å². The molecule has 0 spiro atoms. The molecule has 1 amide bonds. The molecule has 0 aliphatic heterocycles. The first-order valence-electron chi connectivity index (χ1n) is 9.73. The van der Waals surface area contributed by atoms with E-state index < -0.39 is 0 Å². The number of benzene rings is 2. The number of para-hydroxylation sites is 1. The summed E-state index contributed by atoms with van der Waals surface area (Å²) in [4.78, 5) is 29.1. The van der Waals surface area contributed by atoms with Gasteiger partial charge in [-0.15, -0.1) is 5.10 Å². The highest BCUT2D eigenvalue weighted by Gasteiger charge is 2.13. The van der Waals surface area contributed by atoms with Crippen molar-refractivity contribution in [3.05, 3.63) is 65.3 Å². The van der Waals surface area contributed by atoms with E-state index in [9.17, 15) is 9.59 Å². The molecular formula is C21H22N6O2S. The predicted octanol–water partition coefficient (Wildman–Crippen LogP) is 3.15. The number of carbonyl (C=O) groups excluding carboxylic acids is 1. The van der Waals surface area contributed by atoms with E-state index in [2.05, 4.69) is 15.4 Å². The lowest BCUT2D eigenvalue weighted by atomic mass is 10.2. The summed E-state index contributed by atoms with van der Waals surface area (Å²) in [6.07, 6.45) is 1.63. The second-order valence-corrected chi connectivity index (χ2v) is 7.56. The lowest BCUT2D eigenvalue weighted by Crippen LogP contribution is -2.23. The molecule has 0 saturated heterocycles. The summed E-state index contributed by atoms with van der Waals surface area (Å²) in [5.41, 5.74) is 3.22. The summed E-state index contributed by atoms with van der Waals surface area (Å²) in [7, 11) is 0. The number of nitrogens with zero attached hydrogens (tertiary/aromatic N) is 5. The summed E-state index contributed by atoms with van der Waals surface area (Å²) in [5, 5.41) is 7.82. The van der Waals surface area contributed by atoms with Gasteiger partial charge >= 0.3 is 5.69 Å². The van der Waals surface area contributed by atoms with Crippen LogP contribution in [0.15, 0.2) is 64.8 Å². The molecule has 154 valence electrons. The molecule has 0 radical (unpaired) electrons. The highest BCUT2D eigenvalue weighted by molar-refractivity contribution is 7.99. The quantitative estimate of drug-likeness (QED) is 0.462. The standard InChI is InChI=1S/C21H22N6O2S/c1-3-25-17-11-10-15(12-18(17)26(4-2)21(25)29)23-19(28)13-30-20-22-14-27(24-20)16-8-6-5-7-9-16/h5-12,14H,3-4,13H2,1-2H3,(H,23,28). The third-order valence-electron chi connectivity index (χ3n) is 4.76. The molecule has 0 bridgehead atoms. The maximum Gasteiger partial charge on any atom is 0.329 e. The molecule has 2 aromatic carbocycles. The normalized spacial score (nSPS) is 11.1. The van der Waals surface area contributed by atoms with Crippen molar-refractivity contribution in [2.45, 2.75) is 32.1 Å². The number of carbonyl (C=O) groups is 1. The van der Waals surface area contributed by atoms with E-state index in [-0.39, 0.29) is 17.3 Å². The number of thioether (sulfide) groups is 1. The molecular weight excluding hydrogens is 400 g/mol. The molecule has 0 unspecified atom stereocenters. The molecule has 30 heavy (non-hydrogen) atoms. The zero-order chi connectivity index (χ0) is 21.1. The molecule has 4 rings (SSSR count). The number of amides is 1. The number of imidazole rings is 1. The Bertz CT molecular complexity index is 1240. The van der Waals surface area contributed by atoms with Crippen molar-refractivity contribution in [1.29, 1.82) is 0 Å². The van der Waals surface area contributed by atoms with Crippen molar-refractivity contribution in [3.8, 4) is 5.69 Å². The van der Waals surface area contributed by atoms with Gasteiger partial charge in [0.2, 0.25) is 11.1 Å². The third-order valence-corrected chi connectivity index (χ3v) is 5.61. The SMILES string of the molecule is CCn1c(=O)n(CC)c2cc(NC(=O)CSc3ncn(-c4ccccc4)n3)ccc21. The van der Waals surface area contributed by atoms with Gasteiger partial charge < -0.3 is 5.32 Å². The van der Waals surface area contributed by atoms with Gasteiger partial charge in [0.25, 0.3) is 0 Å². The van der Waals surface area contributed by atoms with Gasteiger partial charge in [-0.25, -0.2) is 14.5 Å². The van der Waals surface area contributed by atoms with Crippen LogP contribution in [0.5, 0.6) is 0 Å². The maximum atomic E-state index is 12.5. The van der Waals surface area contributed by atoms with Crippen LogP contribution in [-0.2, 0) is 17.9 Å². The van der Waals surface area contributed by atoms with E-state index in [1.807, 2.05) is 62.4 Å². The molecule has 0 atom stereocenters. The van der Waals surface area contributed by atoms with Crippen LogP contribution in [0, 0.1) is 0 Å². The van der Waals surface area contributed by atoms with E-state index in [4.69, 9.17) is 0 Å². The monoisotopic (exact) mass is 422 g/mol. The second-order valence-electron chi connectivity index (χ2n) is 6.62. The number of rotatable bonds is 7. The van der Waals surface area contributed by atoms with Gasteiger partial charge in [-0.2, -0.15) is 0 Å². The van der Waals surface area contributed by atoms with Crippen LogP contribution in [-0.4, -0.2) is 35.6 Å². The Labute approximate surface area is 177 Å². The number of hydrogen-bond acceptors (Lipinski definition) is 5. The van der Waals surface area contributed by atoms with Gasteiger partial charge in [0.05, 0.1) is 22.5 Å². The van der Waals surface area contributed by atoms with Crippen molar-refractivity contribution >= 4 is 34.4 Å². The van der Waals surface area contributed by atoms with Crippen molar-refractivity contribution in [3.63, 3.8) is 0 Å². The number of aromatic nitrogens is 5. The van der Waals surface area contributed by atoms with Gasteiger partial charge in [0, 0.05) is 18.8 Å². The Morgan fingerprint density at radius 3 is 2.50 bits per heavy atom. The molecule has 2 aromatic heterocycles. The number of nitrogens with one attached hydrogen (secondary N) is 1. The Hall–Kier alpha value is -3.33. The van der Waals surface area contributed by atoms with Crippen LogP contribution in [0.4, 0.5) is 5.69 Å². The number of hydrogen-bond donors (Lipinski definition) is 1. The van der Waals surface area contributed by atoms with Crippen LogP contribution in [0.1, 0.15) is 13.8 Å². The predicted molar refractivity (Wildman–Crippen MR) is 118 cm³/mol. The van der Waals surface area contributed by atoms with Gasteiger partial charge in [-0.3, -0.25) is 13.9 Å². The zero-order valence-electron chi connectivity index (χ0n) is 16.8. The van der Waals surface area contributed by atoms with Gasteiger partial charge in [-0.05, 0) is 44.2 Å². The first-order valence-corrected chi connectivity index (χ1v) is 10.7. The van der Waals surface area contributed by atoms with Crippen LogP contribution in [0.3, 0.4) is 0 Å². The van der Waals surface area contributed by atoms with Crippen molar-refractivity contribution in [1.82, 2.24) is 23.9 Å². The van der Waals surface area contributed by atoms with E-state index in [0.29, 0.717) is 23.9 Å². The molecule has 0 aliphatic carbocycles. The first kappa shape index (κ1) is 20.0. The third kappa shape index (κ3) is 3.88. The number of anilines is 1. The number of fused-ring (bicyclic) bond motifs is 1. The van der Waals surface area contributed by atoms with Gasteiger partial charge in [0.1, 0.15) is 6.33 Å². The van der Waals surface area contributed by atoms with Crippen molar-refractivity contribution in [2.75, 3.05) is 11.1 Å². The number of aryl methyl sites for hydroxylation is 2. The molecule has 8 nitrogen and oxygen atoms in total. The smallest absolute Gasteiger partial charge is 0.325 e. The van der Waals surface area contributed by atoms with E-state index >= 15 is 0 Å². The van der Waals surface area contributed by atoms with Crippen LogP contribution >= 0.6 is 11.8 Å². The zero-order valence-corrected chi connectivity index (χ0v) is 17.6. The first-order chi connectivity index (χ1) is 14.6. The topological polar surface area (TPSA) is 86.7 Å². The summed E-state index contributed by atoms with van der Waals surface area (Å²) in [5.74, 6) is 0.0312. The summed E-state index contributed by atoms with van der Waals surface area (Å²) in [6.45, 7) is 5.06. The Morgan fingerprint density at radius 2 is 1.77 bits per heavy atom. The fourth-order valence-corrected chi connectivity index (χ4v) is 3.95. The molecule has 2 heterocycles. The molecule has 4 aromatic rings. The molecule has 0 aliphatic rings. The fraction of sp³-hybridized carbons (Fsp3) is 0.238. The average Bonchev–Trinajstić information content (AvgIpc) is 3.34. The summed E-state index contributed by atoms with van der Waals surface area (Å²) in [6, 6.07) is 15.2. The minimum atomic E-state index is -0.157. The Balaban J connectivity index is 1.44. The van der Waals surface area contributed by atoms with Crippen LogP contribution in [0.2, 0.25) is 0 Å². The van der Waals surface area contributed by atoms with Crippen LogP contribution in [0.25, 0.3) is 16.7 Å². The Kier molecular flexibility index (Phi) is 5.71. The minimum Gasteiger partial charge on any atom is -0.325 e. The molecule has 1 N–H and O–H groups in total. The van der Waals surface area contributed by atoms with Gasteiger partial charge in [-0.1, -0.05) is 30.0 Å².